The van der Waals surface area contributed by atoms with E-state index >= 15 is 0 Å². The molecule has 0 amide bonds. The minimum Gasteiger partial charge on any atom is -0.462 e. The topological polar surface area (TPSA) is 78.9 Å². The largest absolute Gasteiger partial charge is 0.462 e. The zero-order valence-electron chi connectivity index (χ0n) is 32.5. The molecule has 0 saturated carbocycles. The van der Waals surface area contributed by atoms with Crippen molar-refractivity contribution < 1.29 is 28.6 Å². The van der Waals surface area contributed by atoms with Gasteiger partial charge in [0, 0.05) is 19.3 Å². The first kappa shape index (κ1) is 46.9. The van der Waals surface area contributed by atoms with Gasteiger partial charge in [0.1, 0.15) is 13.2 Å². The number of carbonyl (C=O) groups excluding carboxylic acids is 3. The molecule has 6 heteroatoms. The highest BCUT2D eigenvalue weighted by Gasteiger charge is 2.19. The van der Waals surface area contributed by atoms with Gasteiger partial charge in [0.25, 0.3) is 0 Å². The number of rotatable bonds is 37. The van der Waals surface area contributed by atoms with Crippen LogP contribution in [0.4, 0.5) is 0 Å². The first-order valence-electron chi connectivity index (χ1n) is 20.8. The normalized spacial score (nSPS) is 12.1. The Morgan fingerprint density at radius 1 is 0.388 bits per heavy atom. The fraction of sp³-hybridized carbons (Fsp3) is 0.837. The third kappa shape index (κ3) is 37.0. The fourth-order valence-electron chi connectivity index (χ4n) is 5.71. The quantitative estimate of drug-likeness (QED) is 0.0279. The molecule has 0 aliphatic rings. The Balaban J connectivity index is 4.35. The summed E-state index contributed by atoms with van der Waals surface area (Å²) in [7, 11) is 0. The van der Waals surface area contributed by atoms with E-state index < -0.39 is 6.10 Å². The van der Waals surface area contributed by atoms with Crippen LogP contribution < -0.4 is 0 Å². The van der Waals surface area contributed by atoms with Crippen molar-refractivity contribution in [3.8, 4) is 0 Å². The van der Waals surface area contributed by atoms with Gasteiger partial charge in [-0.2, -0.15) is 0 Å². The highest BCUT2D eigenvalue weighted by molar-refractivity contribution is 5.71. The third-order valence-electron chi connectivity index (χ3n) is 8.93. The molecule has 0 heterocycles. The molecule has 1 atom stereocenters. The van der Waals surface area contributed by atoms with Gasteiger partial charge in [-0.3, -0.25) is 14.4 Å². The molecular weight excluding hydrogens is 612 g/mol. The van der Waals surface area contributed by atoms with Crippen molar-refractivity contribution in [1.29, 1.82) is 0 Å². The van der Waals surface area contributed by atoms with E-state index in [2.05, 4.69) is 45.1 Å². The number of allylic oxidation sites excluding steroid dienone is 4. The molecule has 0 saturated heterocycles. The Labute approximate surface area is 303 Å². The lowest BCUT2D eigenvalue weighted by Crippen LogP contribution is -2.30. The number of carbonyl (C=O) groups is 3. The molecule has 0 aromatic heterocycles. The van der Waals surface area contributed by atoms with Crippen molar-refractivity contribution in [2.75, 3.05) is 13.2 Å². The van der Waals surface area contributed by atoms with E-state index in [1.54, 1.807) is 0 Å². The molecule has 0 N–H and O–H groups in total. The maximum absolute atomic E-state index is 12.6. The molecule has 286 valence electrons. The van der Waals surface area contributed by atoms with Crippen LogP contribution >= 0.6 is 0 Å². The number of ether oxygens (including phenoxy) is 3. The number of unbranched alkanes of at least 4 members (excludes halogenated alkanes) is 22. The van der Waals surface area contributed by atoms with Crippen LogP contribution in [-0.4, -0.2) is 37.2 Å². The smallest absolute Gasteiger partial charge is 0.306 e. The molecule has 49 heavy (non-hydrogen) atoms. The predicted octanol–water partition coefficient (Wildman–Crippen LogP) is 12.9. The fourth-order valence-corrected chi connectivity index (χ4v) is 5.71. The summed E-state index contributed by atoms with van der Waals surface area (Å²) < 4.78 is 16.6. The van der Waals surface area contributed by atoms with Gasteiger partial charge in [-0.25, -0.2) is 0 Å². The van der Waals surface area contributed by atoms with E-state index in [1.807, 2.05) is 0 Å². The maximum Gasteiger partial charge on any atom is 0.306 e. The predicted molar refractivity (Wildman–Crippen MR) is 206 cm³/mol. The molecule has 0 aliphatic carbocycles. The second-order valence-electron chi connectivity index (χ2n) is 13.9. The summed E-state index contributed by atoms with van der Waals surface area (Å²) in [4.78, 5) is 37.4. The first-order chi connectivity index (χ1) is 24.0. The van der Waals surface area contributed by atoms with Crippen LogP contribution in [0, 0.1) is 0 Å². The van der Waals surface area contributed by atoms with Crippen LogP contribution in [0.1, 0.15) is 213 Å². The molecule has 0 aromatic carbocycles. The molecule has 0 aliphatic heterocycles. The lowest BCUT2D eigenvalue weighted by atomic mass is 10.1. The van der Waals surface area contributed by atoms with Crippen LogP contribution in [0.2, 0.25) is 0 Å². The average molecular weight is 691 g/mol. The summed E-state index contributed by atoms with van der Waals surface area (Å²) in [6.45, 7) is 6.51. The minimum atomic E-state index is -0.770. The third-order valence-corrected chi connectivity index (χ3v) is 8.93. The van der Waals surface area contributed by atoms with Gasteiger partial charge >= 0.3 is 17.9 Å². The SMILES string of the molecule is CCCC/C=C\CCCCCCCC(=O)OC(COC(=O)CCCCCCC/C=C\CCCCCC)COC(=O)CCCCCCCCC. The monoisotopic (exact) mass is 691 g/mol. The second-order valence-corrected chi connectivity index (χ2v) is 13.9. The van der Waals surface area contributed by atoms with E-state index in [9.17, 15) is 14.4 Å². The maximum atomic E-state index is 12.6. The minimum absolute atomic E-state index is 0.0761. The Hall–Kier alpha value is -2.11. The Bertz CT molecular complexity index is 804. The number of hydrogen-bond donors (Lipinski definition) is 0. The van der Waals surface area contributed by atoms with E-state index in [1.165, 1.54) is 96.3 Å². The summed E-state index contributed by atoms with van der Waals surface area (Å²) in [5.41, 5.74) is 0. The van der Waals surface area contributed by atoms with Crippen molar-refractivity contribution in [3.63, 3.8) is 0 Å². The van der Waals surface area contributed by atoms with Crippen LogP contribution in [0.15, 0.2) is 24.3 Å². The number of hydrogen-bond acceptors (Lipinski definition) is 6. The summed E-state index contributed by atoms with van der Waals surface area (Å²) in [6, 6.07) is 0. The zero-order chi connectivity index (χ0) is 35.9. The Morgan fingerprint density at radius 3 is 1.10 bits per heavy atom. The summed E-state index contributed by atoms with van der Waals surface area (Å²) in [6.07, 6.45) is 40.2. The van der Waals surface area contributed by atoms with Gasteiger partial charge < -0.3 is 14.2 Å². The molecule has 0 aromatic rings. The lowest BCUT2D eigenvalue weighted by Gasteiger charge is -2.18. The Morgan fingerprint density at radius 2 is 0.694 bits per heavy atom. The lowest BCUT2D eigenvalue weighted by molar-refractivity contribution is -0.167. The van der Waals surface area contributed by atoms with Crippen LogP contribution in [0.25, 0.3) is 0 Å². The second kappa shape index (κ2) is 38.7. The summed E-state index contributed by atoms with van der Waals surface area (Å²) in [5.74, 6) is -0.903. The van der Waals surface area contributed by atoms with Crippen LogP contribution in [-0.2, 0) is 28.6 Å². The molecule has 6 nitrogen and oxygen atoms in total. The van der Waals surface area contributed by atoms with Gasteiger partial charge in [-0.1, -0.05) is 154 Å². The molecule has 0 bridgehead atoms. The standard InChI is InChI=1S/C43H78O6/c1-4-7-10-13-16-18-20-21-23-24-27-30-33-36-42(45)48-39-40(38-47-41(44)35-32-29-26-15-12-9-6-3)49-43(46)37-34-31-28-25-22-19-17-14-11-8-5-2/h14,17-18,20,40H,4-13,15-16,19,21-39H2,1-3H3/b17-14-,20-18-. The summed E-state index contributed by atoms with van der Waals surface area (Å²) >= 11 is 0. The zero-order valence-corrected chi connectivity index (χ0v) is 32.5. The van der Waals surface area contributed by atoms with E-state index in [0.29, 0.717) is 19.3 Å². The van der Waals surface area contributed by atoms with Gasteiger partial charge in [-0.15, -0.1) is 0 Å². The molecule has 0 rings (SSSR count). The van der Waals surface area contributed by atoms with Crippen molar-refractivity contribution >= 4 is 17.9 Å². The Kier molecular flexibility index (Phi) is 37.0. The van der Waals surface area contributed by atoms with Crippen molar-refractivity contribution in [3.05, 3.63) is 24.3 Å². The van der Waals surface area contributed by atoms with Gasteiger partial charge in [0.15, 0.2) is 6.10 Å². The molecule has 0 spiro atoms. The van der Waals surface area contributed by atoms with E-state index in [-0.39, 0.29) is 31.1 Å². The van der Waals surface area contributed by atoms with E-state index in [4.69, 9.17) is 14.2 Å². The van der Waals surface area contributed by atoms with E-state index in [0.717, 1.165) is 77.0 Å². The van der Waals surface area contributed by atoms with Crippen molar-refractivity contribution in [1.82, 2.24) is 0 Å². The number of esters is 3. The van der Waals surface area contributed by atoms with Crippen molar-refractivity contribution in [2.24, 2.45) is 0 Å². The highest BCUT2D eigenvalue weighted by atomic mass is 16.6. The molecule has 0 fully saturated rings. The summed E-state index contributed by atoms with van der Waals surface area (Å²) in [5, 5.41) is 0. The van der Waals surface area contributed by atoms with Crippen LogP contribution in [0.5, 0.6) is 0 Å². The highest BCUT2D eigenvalue weighted by Crippen LogP contribution is 2.13. The first-order valence-corrected chi connectivity index (χ1v) is 20.8. The van der Waals surface area contributed by atoms with Gasteiger partial charge in [-0.05, 0) is 64.2 Å². The molecule has 1 unspecified atom stereocenters. The molecular formula is C43H78O6. The van der Waals surface area contributed by atoms with Gasteiger partial charge in [0.05, 0.1) is 0 Å². The van der Waals surface area contributed by atoms with Gasteiger partial charge in [0.2, 0.25) is 0 Å². The van der Waals surface area contributed by atoms with Crippen molar-refractivity contribution in [2.45, 2.75) is 219 Å². The van der Waals surface area contributed by atoms with Crippen LogP contribution in [0.3, 0.4) is 0 Å². The average Bonchev–Trinajstić information content (AvgIpc) is 3.10. The molecule has 0 radical (unpaired) electrons.